The lowest BCUT2D eigenvalue weighted by Gasteiger charge is -2.28. The van der Waals surface area contributed by atoms with Crippen LogP contribution in [0, 0.1) is 11.3 Å². The number of carbonyl (C=O) groups is 6. The first kappa shape index (κ1) is 50.4. The second kappa shape index (κ2) is 29.8. The van der Waals surface area contributed by atoms with Crippen LogP contribution in [0.15, 0.2) is 48.6 Å². The van der Waals surface area contributed by atoms with Gasteiger partial charge >= 0.3 is 36.1 Å². The van der Waals surface area contributed by atoms with Crippen LogP contribution in [0.4, 0.5) is 9.59 Å². The van der Waals surface area contributed by atoms with Gasteiger partial charge in [0.15, 0.2) is 0 Å². The molecule has 0 heterocycles. The zero-order valence-electron chi connectivity index (χ0n) is 32.5. The fourth-order valence-electron chi connectivity index (χ4n) is 3.69. The molecule has 1 unspecified atom stereocenters. The van der Waals surface area contributed by atoms with Crippen LogP contribution in [-0.2, 0) is 57.1 Å². The fourth-order valence-corrected chi connectivity index (χ4v) is 3.69. The van der Waals surface area contributed by atoms with Crippen molar-refractivity contribution in [3.05, 3.63) is 48.6 Å². The van der Waals surface area contributed by atoms with Gasteiger partial charge in [0.2, 0.25) is 0 Å². The van der Waals surface area contributed by atoms with Gasteiger partial charge in [-0.15, -0.1) is 0 Å². The van der Waals surface area contributed by atoms with Gasteiger partial charge in [0, 0.05) is 35.4 Å². The lowest BCUT2D eigenvalue weighted by atomic mass is 9.82. The standard InChI is InChI=1S/C23H38N2O8.C14H22O6/c1-16(2)19(26)30-10-12-32-21(28)24-9-8-18(5)14-23(6,7)15-25-22(29)33-13-11-31-20(27)17(3)4;1-11(2)13(15)19-9-7-17-5-6-18-8-10-20-14(16)12(3)4/h18H,1,3,8-15H2,2,4-7H3,(H,24,28)(H,25,29);1,3,5-10H2,2,4H3. The van der Waals surface area contributed by atoms with E-state index in [1.165, 1.54) is 13.8 Å². The Hall–Kier alpha value is -4.70. The van der Waals surface area contributed by atoms with Crippen LogP contribution in [0.25, 0.3) is 0 Å². The fraction of sp³-hybridized carbons (Fsp3) is 0.622. The van der Waals surface area contributed by atoms with Gasteiger partial charge in [0.05, 0.1) is 26.4 Å². The summed E-state index contributed by atoms with van der Waals surface area (Å²) in [6.07, 6.45) is 0.366. The molecule has 16 heteroatoms. The lowest BCUT2D eigenvalue weighted by molar-refractivity contribution is -0.142. The van der Waals surface area contributed by atoms with Crippen molar-refractivity contribution in [2.24, 2.45) is 11.3 Å². The number of amides is 2. The van der Waals surface area contributed by atoms with Crippen molar-refractivity contribution >= 4 is 36.1 Å². The van der Waals surface area contributed by atoms with E-state index in [0.717, 1.165) is 12.8 Å². The van der Waals surface area contributed by atoms with Gasteiger partial charge in [0.1, 0.15) is 39.6 Å². The van der Waals surface area contributed by atoms with Crippen molar-refractivity contribution in [2.45, 2.75) is 61.3 Å². The molecule has 0 aromatic heterocycles. The highest BCUT2D eigenvalue weighted by molar-refractivity contribution is 5.88. The number of esters is 4. The normalized spacial score (nSPS) is 10.9. The summed E-state index contributed by atoms with van der Waals surface area (Å²) in [5, 5.41) is 5.36. The van der Waals surface area contributed by atoms with Gasteiger partial charge in [0.25, 0.3) is 0 Å². The van der Waals surface area contributed by atoms with E-state index in [-0.39, 0.29) is 62.1 Å². The maximum Gasteiger partial charge on any atom is 0.407 e. The Labute approximate surface area is 313 Å². The number of alkyl carbamates (subject to hydrolysis) is 2. The molecule has 0 radical (unpaired) electrons. The molecule has 0 fully saturated rings. The highest BCUT2D eigenvalue weighted by Gasteiger charge is 2.22. The van der Waals surface area contributed by atoms with Crippen molar-refractivity contribution in [3.8, 4) is 0 Å². The first-order valence-corrected chi connectivity index (χ1v) is 17.1. The van der Waals surface area contributed by atoms with Crippen molar-refractivity contribution in [1.29, 1.82) is 0 Å². The molecule has 0 aromatic rings. The number of hydrogen-bond donors (Lipinski definition) is 2. The van der Waals surface area contributed by atoms with Gasteiger partial charge < -0.3 is 48.5 Å². The molecule has 0 aliphatic rings. The average Bonchev–Trinajstić information content (AvgIpc) is 3.07. The Morgan fingerprint density at radius 1 is 0.509 bits per heavy atom. The van der Waals surface area contributed by atoms with Crippen LogP contribution in [0.2, 0.25) is 0 Å². The van der Waals surface area contributed by atoms with Gasteiger partial charge in [-0.05, 0) is 51.9 Å². The molecule has 302 valence electrons. The Morgan fingerprint density at radius 2 is 0.811 bits per heavy atom. The predicted molar refractivity (Wildman–Crippen MR) is 196 cm³/mol. The minimum atomic E-state index is -0.583. The first-order valence-electron chi connectivity index (χ1n) is 17.1. The third-order valence-electron chi connectivity index (χ3n) is 6.31. The molecule has 1 atom stereocenters. The number of nitrogens with one attached hydrogen (secondary N) is 2. The molecule has 0 aliphatic heterocycles. The summed E-state index contributed by atoms with van der Waals surface area (Å²) < 4.78 is 39.6. The molecule has 0 spiro atoms. The van der Waals surface area contributed by atoms with Gasteiger partial charge in [-0.2, -0.15) is 0 Å². The van der Waals surface area contributed by atoms with Gasteiger partial charge in [-0.25, -0.2) is 28.8 Å². The zero-order valence-corrected chi connectivity index (χ0v) is 32.5. The summed E-state index contributed by atoms with van der Waals surface area (Å²) in [5.74, 6) is -1.63. The predicted octanol–water partition coefficient (Wildman–Crippen LogP) is 4.38. The van der Waals surface area contributed by atoms with E-state index < -0.39 is 36.1 Å². The third-order valence-corrected chi connectivity index (χ3v) is 6.31. The Balaban J connectivity index is 0. The summed E-state index contributed by atoms with van der Waals surface area (Å²) >= 11 is 0. The van der Waals surface area contributed by atoms with E-state index >= 15 is 0 Å². The molecule has 0 saturated carbocycles. The maximum atomic E-state index is 11.8. The van der Waals surface area contributed by atoms with Crippen molar-refractivity contribution in [3.63, 3.8) is 0 Å². The summed E-state index contributed by atoms with van der Waals surface area (Å²) in [7, 11) is 0. The van der Waals surface area contributed by atoms with E-state index in [1.807, 2.05) is 13.8 Å². The molecule has 2 amide bonds. The van der Waals surface area contributed by atoms with E-state index in [4.69, 9.17) is 37.9 Å². The highest BCUT2D eigenvalue weighted by atomic mass is 16.6. The highest BCUT2D eigenvalue weighted by Crippen LogP contribution is 2.26. The largest absolute Gasteiger partial charge is 0.460 e. The van der Waals surface area contributed by atoms with Crippen LogP contribution in [0.5, 0.6) is 0 Å². The van der Waals surface area contributed by atoms with E-state index in [1.54, 1.807) is 13.8 Å². The quantitative estimate of drug-likeness (QED) is 0.0545. The minimum Gasteiger partial charge on any atom is -0.460 e. The van der Waals surface area contributed by atoms with E-state index in [2.05, 4.69) is 43.9 Å². The van der Waals surface area contributed by atoms with Crippen LogP contribution in [0.1, 0.15) is 61.3 Å². The van der Waals surface area contributed by atoms with Crippen molar-refractivity contribution in [2.75, 3.05) is 79.2 Å². The van der Waals surface area contributed by atoms with Crippen molar-refractivity contribution < 1.29 is 66.7 Å². The minimum absolute atomic E-state index is 0.0290. The third kappa shape index (κ3) is 31.7. The molecule has 0 rings (SSSR count). The van der Waals surface area contributed by atoms with Crippen molar-refractivity contribution in [1.82, 2.24) is 10.6 Å². The number of hydrogen-bond acceptors (Lipinski definition) is 14. The topological polar surface area (TPSA) is 200 Å². The van der Waals surface area contributed by atoms with E-state index in [9.17, 15) is 28.8 Å². The Bertz CT molecular complexity index is 1190. The van der Waals surface area contributed by atoms with Crippen LogP contribution >= 0.6 is 0 Å². The lowest BCUT2D eigenvalue weighted by Crippen LogP contribution is -2.36. The number of rotatable bonds is 26. The average molecular weight is 757 g/mol. The van der Waals surface area contributed by atoms with Crippen LogP contribution in [-0.4, -0.2) is 115 Å². The smallest absolute Gasteiger partial charge is 0.407 e. The first-order chi connectivity index (χ1) is 24.8. The molecule has 2 N–H and O–H groups in total. The van der Waals surface area contributed by atoms with E-state index in [0.29, 0.717) is 50.7 Å². The monoisotopic (exact) mass is 756 g/mol. The summed E-state index contributed by atoms with van der Waals surface area (Å²) in [5.41, 5.74) is 1.09. The maximum absolute atomic E-state index is 11.8. The molecular weight excluding hydrogens is 696 g/mol. The molecule has 16 nitrogen and oxygen atoms in total. The molecule has 0 saturated heterocycles. The van der Waals surface area contributed by atoms with Gasteiger partial charge in [-0.1, -0.05) is 47.1 Å². The second-order valence-corrected chi connectivity index (χ2v) is 12.7. The summed E-state index contributed by atoms with van der Waals surface area (Å²) in [4.78, 5) is 67.9. The number of carbonyl (C=O) groups excluding carboxylic acids is 6. The SMILES string of the molecule is C=C(C)C(=O)OCCOC(=O)NCCC(C)CC(C)(C)CNC(=O)OCCOC(=O)C(=C)C.C=C(C)C(=O)OCCOCCOCCOC(=O)C(=C)C. The molecule has 53 heavy (non-hydrogen) atoms. The van der Waals surface area contributed by atoms with Gasteiger partial charge in [-0.3, -0.25) is 0 Å². The van der Waals surface area contributed by atoms with Crippen LogP contribution < -0.4 is 10.6 Å². The Morgan fingerprint density at radius 3 is 1.17 bits per heavy atom. The zero-order chi connectivity index (χ0) is 40.8. The summed E-state index contributed by atoms with van der Waals surface area (Å²) in [6.45, 7) is 28.6. The number of ether oxygens (including phenoxy) is 8. The summed E-state index contributed by atoms with van der Waals surface area (Å²) in [6, 6.07) is 0. The second-order valence-electron chi connectivity index (χ2n) is 12.7. The molecule has 0 aromatic carbocycles. The molecule has 0 bridgehead atoms. The molecule has 0 aliphatic carbocycles. The molecular formula is C37H60N2O14. The Kier molecular flexibility index (Phi) is 28.4. The van der Waals surface area contributed by atoms with Crippen LogP contribution in [0.3, 0.4) is 0 Å².